The van der Waals surface area contributed by atoms with E-state index in [1.54, 1.807) is 0 Å². The summed E-state index contributed by atoms with van der Waals surface area (Å²) in [6.07, 6.45) is 9.86. The molecule has 0 saturated heterocycles. The van der Waals surface area contributed by atoms with E-state index in [0.717, 1.165) is 18.4 Å². The summed E-state index contributed by atoms with van der Waals surface area (Å²) in [7, 11) is 0. The summed E-state index contributed by atoms with van der Waals surface area (Å²) in [4.78, 5) is 0. The predicted octanol–water partition coefficient (Wildman–Crippen LogP) is 3.77. The summed E-state index contributed by atoms with van der Waals surface area (Å²) >= 11 is 0. The van der Waals surface area contributed by atoms with E-state index < -0.39 is 0 Å². The average Bonchev–Trinajstić information content (AvgIpc) is 2.01. The van der Waals surface area contributed by atoms with Crippen LogP contribution in [0.25, 0.3) is 0 Å². The Labute approximate surface area is 68.1 Å². The first kappa shape index (κ1) is 10.2. The fourth-order valence-electron chi connectivity index (χ4n) is 0.812. The smallest absolute Gasteiger partial charge is 0.0869 e. The SMILES string of the molecule is C\C=C/C=C(\C=C\F)CCC. The van der Waals surface area contributed by atoms with Crippen molar-refractivity contribution in [3.8, 4) is 0 Å². The van der Waals surface area contributed by atoms with Gasteiger partial charge in [0.25, 0.3) is 0 Å². The van der Waals surface area contributed by atoms with E-state index >= 15 is 0 Å². The molecule has 0 amide bonds. The Morgan fingerprint density at radius 1 is 1.45 bits per heavy atom. The van der Waals surface area contributed by atoms with E-state index in [1.807, 2.05) is 25.2 Å². The molecule has 0 saturated carbocycles. The van der Waals surface area contributed by atoms with Gasteiger partial charge >= 0.3 is 0 Å². The van der Waals surface area contributed by atoms with Crippen molar-refractivity contribution >= 4 is 0 Å². The highest BCUT2D eigenvalue weighted by Crippen LogP contribution is 2.06. The molecule has 0 heterocycles. The van der Waals surface area contributed by atoms with Crippen molar-refractivity contribution in [2.45, 2.75) is 26.7 Å². The lowest BCUT2D eigenvalue weighted by molar-refractivity contribution is 0.718. The number of hydrogen-bond acceptors (Lipinski definition) is 0. The Kier molecular flexibility index (Phi) is 6.70. The zero-order valence-corrected chi connectivity index (χ0v) is 7.18. The van der Waals surface area contributed by atoms with Crippen molar-refractivity contribution < 1.29 is 4.39 Å². The molecule has 0 atom stereocenters. The largest absolute Gasteiger partial charge is 0.216 e. The Balaban J connectivity index is 4.07. The van der Waals surface area contributed by atoms with E-state index in [0.29, 0.717) is 6.33 Å². The Hall–Kier alpha value is -0.850. The first-order valence-electron chi connectivity index (χ1n) is 3.93. The molecular formula is C10H15F. The number of rotatable bonds is 4. The lowest BCUT2D eigenvalue weighted by Gasteiger charge is -1.94. The Morgan fingerprint density at radius 2 is 2.18 bits per heavy atom. The second kappa shape index (κ2) is 7.26. The summed E-state index contributed by atoms with van der Waals surface area (Å²) in [6.45, 7) is 4.02. The van der Waals surface area contributed by atoms with Gasteiger partial charge in [-0.25, -0.2) is 4.39 Å². The topological polar surface area (TPSA) is 0 Å². The van der Waals surface area contributed by atoms with Crippen LogP contribution in [0.15, 0.2) is 36.2 Å². The predicted molar refractivity (Wildman–Crippen MR) is 48.1 cm³/mol. The minimum absolute atomic E-state index is 0.588. The van der Waals surface area contributed by atoms with Crippen LogP contribution in [-0.2, 0) is 0 Å². The number of allylic oxidation sites excluding steroid dienone is 5. The summed E-state index contributed by atoms with van der Waals surface area (Å²) in [5, 5.41) is 0. The molecule has 62 valence electrons. The molecule has 0 aromatic rings. The van der Waals surface area contributed by atoms with Gasteiger partial charge in [0.2, 0.25) is 0 Å². The van der Waals surface area contributed by atoms with Crippen molar-refractivity contribution in [1.29, 1.82) is 0 Å². The van der Waals surface area contributed by atoms with E-state index in [4.69, 9.17) is 0 Å². The summed E-state index contributed by atoms with van der Waals surface area (Å²) in [6, 6.07) is 0. The maximum absolute atomic E-state index is 11.7. The first-order valence-corrected chi connectivity index (χ1v) is 3.93. The molecule has 0 nitrogen and oxygen atoms in total. The third kappa shape index (κ3) is 5.59. The summed E-state index contributed by atoms with van der Waals surface area (Å²) < 4.78 is 11.7. The van der Waals surface area contributed by atoms with Gasteiger partial charge < -0.3 is 0 Å². The van der Waals surface area contributed by atoms with Gasteiger partial charge in [0.15, 0.2) is 0 Å². The van der Waals surface area contributed by atoms with Gasteiger partial charge in [-0.3, -0.25) is 0 Å². The van der Waals surface area contributed by atoms with E-state index in [-0.39, 0.29) is 0 Å². The van der Waals surface area contributed by atoms with Crippen LogP contribution >= 0.6 is 0 Å². The summed E-state index contributed by atoms with van der Waals surface area (Å²) in [5.74, 6) is 0. The molecule has 0 rings (SSSR count). The van der Waals surface area contributed by atoms with Crippen molar-refractivity contribution in [3.63, 3.8) is 0 Å². The highest BCUT2D eigenvalue weighted by molar-refractivity contribution is 5.22. The lowest BCUT2D eigenvalue weighted by atomic mass is 10.1. The third-order valence-corrected chi connectivity index (χ3v) is 1.32. The molecule has 0 aliphatic rings. The van der Waals surface area contributed by atoms with Gasteiger partial charge in [-0.1, -0.05) is 31.6 Å². The molecule has 0 fully saturated rings. The zero-order chi connectivity index (χ0) is 8.53. The van der Waals surface area contributed by atoms with Crippen molar-refractivity contribution in [2.75, 3.05) is 0 Å². The van der Waals surface area contributed by atoms with Crippen molar-refractivity contribution in [2.24, 2.45) is 0 Å². The minimum atomic E-state index is 0.588. The van der Waals surface area contributed by atoms with Gasteiger partial charge in [0, 0.05) is 0 Å². The second-order valence-electron chi connectivity index (χ2n) is 2.31. The molecule has 1 heteroatoms. The average molecular weight is 154 g/mol. The standard InChI is InChI=1S/C10H15F/c1-3-5-7-10(6-4-2)8-9-11/h3,5,7-9H,4,6H2,1-2H3/b5-3-,9-8+,10-7-. The molecule has 0 radical (unpaired) electrons. The molecule has 0 bridgehead atoms. The molecular weight excluding hydrogens is 139 g/mol. The van der Waals surface area contributed by atoms with Crippen LogP contribution in [0.2, 0.25) is 0 Å². The first-order chi connectivity index (χ1) is 5.35. The van der Waals surface area contributed by atoms with E-state index in [9.17, 15) is 4.39 Å². The quantitative estimate of drug-likeness (QED) is 0.541. The van der Waals surface area contributed by atoms with Gasteiger partial charge in [-0.15, -0.1) is 0 Å². The molecule has 0 aromatic carbocycles. The van der Waals surface area contributed by atoms with Gasteiger partial charge in [0.05, 0.1) is 6.33 Å². The van der Waals surface area contributed by atoms with Crippen molar-refractivity contribution in [3.05, 3.63) is 36.2 Å². The number of halogens is 1. The lowest BCUT2D eigenvalue weighted by Crippen LogP contribution is -1.75. The fraction of sp³-hybridized carbons (Fsp3) is 0.400. The maximum atomic E-state index is 11.7. The monoisotopic (exact) mass is 154 g/mol. The Bertz CT molecular complexity index is 164. The molecule has 0 spiro atoms. The van der Waals surface area contributed by atoms with Crippen molar-refractivity contribution in [1.82, 2.24) is 0 Å². The van der Waals surface area contributed by atoms with E-state index in [2.05, 4.69) is 6.92 Å². The van der Waals surface area contributed by atoms with Crippen LogP contribution < -0.4 is 0 Å². The second-order valence-corrected chi connectivity index (χ2v) is 2.31. The van der Waals surface area contributed by atoms with Crippen LogP contribution in [0.3, 0.4) is 0 Å². The molecule has 0 aliphatic carbocycles. The number of hydrogen-bond donors (Lipinski definition) is 0. The zero-order valence-electron chi connectivity index (χ0n) is 7.18. The maximum Gasteiger partial charge on any atom is 0.0869 e. The van der Waals surface area contributed by atoms with Crippen LogP contribution in [-0.4, -0.2) is 0 Å². The molecule has 0 N–H and O–H groups in total. The molecule has 0 unspecified atom stereocenters. The van der Waals surface area contributed by atoms with Crippen LogP contribution in [0, 0.1) is 0 Å². The molecule has 0 aromatic heterocycles. The fourth-order valence-corrected chi connectivity index (χ4v) is 0.812. The Morgan fingerprint density at radius 3 is 2.64 bits per heavy atom. The highest BCUT2D eigenvalue weighted by Gasteiger charge is 1.87. The molecule has 11 heavy (non-hydrogen) atoms. The third-order valence-electron chi connectivity index (χ3n) is 1.32. The molecule has 0 aliphatic heterocycles. The van der Waals surface area contributed by atoms with Crippen LogP contribution in [0.4, 0.5) is 4.39 Å². The highest BCUT2D eigenvalue weighted by atomic mass is 19.1. The summed E-state index contributed by atoms with van der Waals surface area (Å²) in [5.41, 5.74) is 1.04. The normalized spacial score (nSPS) is 13.5. The van der Waals surface area contributed by atoms with Crippen LogP contribution in [0.1, 0.15) is 26.7 Å². The van der Waals surface area contributed by atoms with Gasteiger partial charge in [-0.05, 0) is 25.0 Å². The van der Waals surface area contributed by atoms with E-state index in [1.165, 1.54) is 6.08 Å². The van der Waals surface area contributed by atoms with Gasteiger partial charge in [-0.2, -0.15) is 0 Å². The van der Waals surface area contributed by atoms with Crippen LogP contribution in [0.5, 0.6) is 0 Å². The van der Waals surface area contributed by atoms with Gasteiger partial charge in [0.1, 0.15) is 0 Å². The minimum Gasteiger partial charge on any atom is -0.216 e.